The fourth-order valence-corrected chi connectivity index (χ4v) is 6.36. The van der Waals surface area contributed by atoms with Gasteiger partial charge in [-0.15, -0.1) is 11.3 Å². The highest BCUT2D eigenvalue weighted by Crippen LogP contribution is 2.41. The molecule has 6 aromatic rings. The van der Waals surface area contributed by atoms with Crippen LogP contribution in [0.4, 0.5) is 5.82 Å². The zero-order valence-electron chi connectivity index (χ0n) is 21.8. The van der Waals surface area contributed by atoms with Crippen molar-refractivity contribution in [3.8, 4) is 5.75 Å². The first kappa shape index (κ1) is 24.0. The molecule has 0 amide bonds. The van der Waals surface area contributed by atoms with Gasteiger partial charge in [0.1, 0.15) is 29.3 Å². The van der Waals surface area contributed by atoms with Crippen LogP contribution in [0, 0.1) is 0 Å². The van der Waals surface area contributed by atoms with E-state index in [9.17, 15) is 0 Å². The van der Waals surface area contributed by atoms with Gasteiger partial charge in [0.15, 0.2) is 0 Å². The smallest absolute Gasteiger partial charge is 0.147 e. The average molecular weight is 537 g/mol. The highest BCUT2D eigenvalue weighted by atomic mass is 32.1. The second-order valence-corrected chi connectivity index (χ2v) is 11.5. The van der Waals surface area contributed by atoms with Crippen LogP contribution in [0.15, 0.2) is 61.2 Å². The van der Waals surface area contributed by atoms with Gasteiger partial charge in [0.25, 0.3) is 0 Å². The first-order valence-corrected chi connectivity index (χ1v) is 13.9. The van der Waals surface area contributed by atoms with Gasteiger partial charge in [0.2, 0.25) is 0 Å². The molecule has 2 N–H and O–H groups in total. The Balaban J connectivity index is 1.24. The number of para-hydroxylation sites is 1. The maximum atomic E-state index is 6.26. The Labute approximate surface area is 229 Å². The Morgan fingerprint density at radius 3 is 2.90 bits per heavy atom. The van der Waals surface area contributed by atoms with Crippen LogP contribution >= 0.6 is 11.3 Å². The van der Waals surface area contributed by atoms with E-state index in [0.29, 0.717) is 13.2 Å². The number of anilines is 1. The van der Waals surface area contributed by atoms with Gasteiger partial charge in [0, 0.05) is 29.5 Å². The maximum absolute atomic E-state index is 6.26. The van der Waals surface area contributed by atoms with E-state index >= 15 is 0 Å². The van der Waals surface area contributed by atoms with Gasteiger partial charge in [0.05, 0.1) is 45.5 Å². The highest BCUT2D eigenvalue weighted by molar-refractivity contribution is 7.26. The van der Waals surface area contributed by atoms with Crippen molar-refractivity contribution in [2.24, 2.45) is 0 Å². The zero-order chi connectivity index (χ0) is 26.4. The molecular formula is C30H28N6O2S. The number of fused-ring (bicyclic) bond motifs is 5. The van der Waals surface area contributed by atoms with Crippen molar-refractivity contribution >= 4 is 48.6 Å². The van der Waals surface area contributed by atoms with Crippen LogP contribution in [0.3, 0.4) is 0 Å². The van der Waals surface area contributed by atoms with E-state index in [1.54, 1.807) is 24.0 Å². The van der Waals surface area contributed by atoms with E-state index in [0.717, 1.165) is 79.2 Å². The summed E-state index contributed by atoms with van der Waals surface area (Å²) in [6, 6.07) is 16.2. The molecule has 9 heteroatoms. The molecule has 8 nitrogen and oxygen atoms in total. The number of hydrogen-bond donors (Lipinski definition) is 2. The van der Waals surface area contributed by atoms with Crippen molar-refractivity contribution in [3.63, 3.8) is 0 Å². The predicted octanol–water partition coefficient (Wildman–Crippen LogP) is 6.20. The summed E-state index contributed by atoms with van der Waals surface area (Å²) in [4.78, 5) is 22.9. The minimum Gasteiger partial charge on any atom is -0.489 e. The van der Waals surface area contributed by atoms with E-state index in [1.165, 1.54) is 5.56 Å². The third-order valence-electron chi connectivity index (χ3n) is 7.22. The van der Waals surface area contributed by atoms with Crippen molar-refractivity contribution in [2.75, 3.05) is 11.9 Å². The number of H-pyrrole nitrogens is 1. The van der Waals surface area contributed by atoms with Crippen LogP contribution in [0.1, 0.15) is 36.2 Å². The summed E-state index contributed by atoms with van der Waals surface area (Å²) < 4.78 is 13.5. The summed E-state index contributed by atoms with van der Waals surface area (Å²) in [7, 11) is 0. The average Bonchev–Trinajstić information content (AvgIpc) is 3.55. The third-order valence-corrected chi connectivity index (χ3v) is 8.30. The quantitative estimate of drug-likeness (QED) is 0.251. The molecule has 1 aliphatic rings. The Morgan fingerprint density at radius 2 is 2.00 bits per heavy atom. The molecule has 196 valence electrons. The van der Waals surface area contributed by atoms with Crippen molar-refractivity contribution in [1.82, 2.24) is 24.9 Å². The first-order chi connectivity index (χ1) is 19.0. The van der Waals surface area contributed by atoms with Crippen LogP contribution in [-0.4, -0.2) is 37.1 Å². The van der Waals surface area contributed by atoms with E-state index < -0.39 is 0 Å². The summed E-state index contributed by atoms with van der Waals surface area (Å²) in [5.74, 6) is 1.66. The van der Waals surface area contributed by atoms with Crippen LogP contribution in [0.25, 0.3) is 31.5 Å². The molecule has 0 atom stereocenters. The molecule has 0 bridgehead atoms. The molecule has 0 fully saturated rings. The molecule has 0 spiro atoms. The highest BCUT2D eigenvalue weighted by Gasteiger charge is 2.31. The van der Waals surface area contributed by atoms with Gasteiger partial charge < -0.3 is 19.8 Å². The Kier molecular flexibility index (Phi) is 5.90. The number of nitrogens with zero attached hydrogens (tertiary/aromatic N) is 4. The lowest BCUT2D eigenvalue weighted by molar-refractivity contribution is -0.0417. The monoisotopic (exact) mass is 536 g/mol. The van der Waals surface area contributed by atoms with Gasteiger partial charge in [-0.3, -0.25) is 0 Å². The second kappa shape index (κ2) is 9.59. The molecule has 0 unspecified atom stereocenters. The molecule has 39 heavy (non-hydrogen) atoms. The summed E-state index contributed by atoms with van der Waals surface area (Å²) in [6.07, 6.45) is 4.97. The summed E-state index contributed by atoms with van der Waals surface area (Å²) in [5, 5.41) is 4.58. The molecule has 7 rings (SSSR count). The SMILES string of the molecule is CC1(C)Cc2nc3sc4c(NCCc5ccc6[nH]cnc6c5)ncnc4c3c(COc3ccccc3)c2CO1. The number of nitrogens with one attached hydrogen (secondary N) is 2. The molecule has 0 radical (unpaired) electrons. The standard InChI is InChI=1S/C30H28N6O2S/c1-30(2)13-24-20(15-38-30)21(14-37-19-6-4-3-5-7-19)25-26-27(39-29(25)36-24)28(35-17-34-26)31-11-10-18-8-9-22-23(12-18)33-16-32-22/h3-9,12,16-17H,10-11,13-15H2,1-2H3,(H,32,33)(H,31,34,35). The van der Waals surface area contributed by atoms with E-state index in [4.69, 9.17) is 19.4 Å². The molecule has 1 aliphatic heterocycles. The normalized spacial score (nSPS) is 14.6. The van der Waals surface area contributed by atoms with Gasteiger partial charge in [-0.2, -0.15) is 0 Å². The number of aromatic nitrogens is 5. The number of rotatable bonds is 7. The van der Waals surface area contributed by atoms with Gasteiger partial charge >= 0.3 is 0 Å². The second-order valence-electron chi connectivity index (χ2n) is 10.5. The number of pyridine rings is 1. The lowest BCUT2D eigenvalue weighted by atomic mass is 9.92. The summed E-state index contributed by atoms with van der Waals surface area (Å²) >= 11 is 1.64. The van der Waals surface area contributed by atoms with E-state index in [2.05, 4.69) is 52.3 Å². The zero-order valence-corrected chi connectivity index (χ0v) is 22.6. The molecule has 0 aliphatic carbocycles. The third kappa shape index (κ3) is 4.57. The first-order valence-electron chi connectivity index (χ1n) is 13.1. The number of thiophene rings is 1. The fourth-order valence-electron chi connectivity index (χ4n) is 5.22. The van der Waals surface area contributed by atoms with Crippen molar-refractivity contribution in [3.05, 3.63) is 83.6 Å². The molecular weight excluding hydrogens is 508 g/mol. The van der Waals surface area contributed by atoms with E-state index in [-0.39, 0.29) is 5.60 Å². The van der Waals surface area contributed by atoms with Crippen LogP contribution in [0.5, 0.6) is 5.75 Å². The lowest BCUT2D eigenvalue weighted by Crippen LogP contribution is -2.33. The number of ether oxygens (including phenoxy) is 2. The fraction of sp³-hybridized carbons (Fsp3) is 0.267. The number of aromatic amines is 1. The Hall–Kier alpha value is -4.08. The van der Waals surface area contributed by atoms with Crippen molar-refractivity contribution < 1.29 is 9.47 Å². The summed E-state index contributed by atoms with van der Waals surface area (Å²) in [6.45, 7) is 5.90. The minimum absolute atomic E-state index is 0.257. The van der Waals surface area contributed by atoms with Gasteiger partial charge in [-0.1, -0.05) is 24.3 Å². The molecule has 0 saturated carbocycles. The number of imidazole rings is 1. The maximum Gasteiger partial charge on any atom is 0.147 e. The lowest BCUT2D eigenvalue weighted by Gasteiger charge is -2.32. The molecule has 4 aromatic heterocycles. The molecule has 5 heterocycles. The largest absolute Gasteiger partial charge is 0.489 e. The van der Waals surface area contributed by atoms with Gasteiger partial charge in [-0.05, 0) is 50.1 Å². The van der Waals surface area contributed by atoms with Crippen LogP contribution < -0.4 is 10.1 Å². The van der Waals surface area contributed by atoms with Gasteiger partial charge in [-0.25, -0.2) is 19.9 Å². The van der Waals surface area contributed by atoms with Crippen LogP contribution in [0.2, 0.25) is 0 Å². The minimum atomic E-state index is -0.257. The topological polar surface area (TPSA) is 97.8 Å². The van der Waals surface area contributed by atoms with Crippen molar-refractivity contribution in [1.29, 1.82) is 0 Å². The predicted molar refractivity (Wildman–Crippen MR) is 154 cm³/mol. The number of hydrogen-bond acceptors (Lipinski definition) is 8. The van der Waals surface area contributed by atoms with Crippen LogP contribution in [-0.2, 0) is 30.8 Å². The molecule has 2 aromatic carbocycles. The molecule has 0 saturated heterocycles. The van der Waals surface area contributed by atoms with E-state index in [1.807, 2.05) is 30.3 Å². The number of benzene rings is 2. The Bertz CT molecular complexity index is 1810. The Morgan fingerprint density at radius 1 is 1.10 bits per heavy atom. The van der Waals surface area contributed by atoms with Crippen molar-refractivity contribution in [2.45, 2.75) is 45.5 Å². The summed E-state index contributed by atoms with van der Waals surface area (Å²) in [5.41, 5.74) is 7.18.